The van der Waals surface area contributed by atoms with Crippen LogP contribution in [0.1, 0.15) is 12.0 Å². The van der Waals surface area contributed by atoms with E-state index < -0.39 is 0 Å². The van der Waals surface area contributed by atoms with Crippen molar-refractivity contribution in [2.45, 2.75) is 13.0 Å². The van der Waals surface area contributed by atoms with Crippen LogP contribution in [0.3, 0.4) is 0 Å². The molecule has 2 rings (SSSR count). The number of benzene rings is 1. The molecule has 3 nitrogen and oxygen atoms in total. The Balaban J connectivity index is 2.05. The Hall–Kier alpha value is -2.12. The van der Waals surface area contributed by atoms with Gasteiger partial charge in [-0.1, -0.05) is 18.2 Å². The summed E-state index contributed by atoms with van der Waals surface area (Å²) in [6.45, 7) is 2.35. The minimum Gasteiger partial charge on any atom is -0.393 e. The number of rotatable bonds is 4. The van der Waals surface area contributed by atoms with E-state index in [1.54, 1.807) is 25.4 Å². The Kier molecular flexibility index (Phi) is 4.91. The average Bonchev–Trinajstić information content (AvgIpc) is 2.45. The van der Waals surface area contributed by atoms with E-state index in [4.69, 9.17) is 5.26 Å². The van der Waals surface area contributed by atoms with Crippen molar-refractivity contribution in [2.75, 3.05) is 20.1 Å². The second kappa shape index (κ2) is 6.88. The first-order valence-corrected chi connectivity index (χ1v) is 6.66. The third kappa shape index (κ3) is 3.69. The Morgan fingerprint density at radius 1 is 1.55 bits per heavy atom. The summed E-state index contributed by atoms with van der Waals surface area (Å²) in [4.78, 5) is 2.23. The third-order valence-corrected chi connectivity index (χ3v) is 3.28. The van der Waals surface area contributed by atoms with Gasteiger partial charge in [0.25, 0.3) is 0 Å². The van der Waals surface area contributed by atoms with Gasteiger partial charge in [0.2, 0.25) is 0 Å². The highest BCUT2D eigenvalue weighted by atomic mass is 19.1. The largest absolute Gasteiger partial charge is 0.393 e. The van der Waals surface area contributed by atoms with Crippen LogP contribution in [0, 0.1) is 17.1 Å². The predicted molar refractivity (Wildman–Crippen MR) is 77.1 cm³/mol. The molecule has 0 amide bonds. The lowest BCUT2D eigenvalue weighted by molar-refractivity contribution is 0.284. The van der Waals surface area contributed by atoms with Crippen LogP contribution < -0.4 is 5.32 Å². The lowest BCUT2D eigenvalue weighted by Gasteiger charge is -2.27. The fourth-order valence-electron chi connectivity index (χ4n) is 2.37. The normalized spacial score (nSPS) is 16.4. The molecular weight excluding hydrogens is 253 g/mol. The van der Waals surface area contributed by atoms with E-state index in [0.29, 0.717) is 12.1 Å². The van der Waals surface area contributed by atoms with Crippen molar-refractivity contribution < 1.29 is 4.39 Å². The molecule has 0 aromatic heterocycles. The van der Waals surface area contributed by atoms with E-state index in [2.05, 4.69) is 22.4 Å². The molecule has 0 saturated carbocycles. The van der Waals surface area contributed by atoms with E-state index in [0.717, 1.165) is 30.6 Å². The molecule has 104 valence electrons. The van der Waals surface area contributed by atoms with Gasteiger partial charge < -0.3 is 5.32 Å². The summed E-state index contributed by atoms with van der Waals surface area (Å²) in [7, 11) is 1.78. The van der Waals surface area contributed by atoms with Crippen LogP contribution in [-0.4, -0.2) is 25.0 Å². The van der Waals surface area contributed by atoms with Crippen molar-refractivity contribution in [3.8, 4) is 6.07 Å². The monoisotopic (exact) mass is 271 g/mol. The van der Waals surface area contributed by atoms with Gasteiger partial charge in [-0.2, -0.15) is 5.26 Å². The summed E-state index contributed by atoms with van der Waals surface area (Å²) in [5.74, 6) is -0.205. The van der Waals surface area contributed by atoms with Crippen LogP contribution in [0.5, 0.6) is 0 Å². The summed E-state index contributed by atoms with van der Waals surface area (Å²) in [6.07, 6.45) is 4.74. The fourth-order valence-corrected chi connectivity index (χ4v) is 2.37. The number of hydrogen-bond donors (Lipinski definition) is 1. The van der Waals surface area contributed by atoms with Gasteiger partial charge in [0.15, 0.2) is 0 Å². The molecule has 0 bridgehead atoms. The van der Waals surface area contributed by atoms with Crippen LogP contribution in [-0.2, 0) is 6.54 Å². The molecule has 0 fully saturated rings. The van der Waals surface area contributed by atoms with Gasteiger partial charge in [-0.25, -0.2) is 4.39 Å². The maximum Gasteiger partial charge on any atom is 0.123 e. The number of nitrogens with one attached hydrogen (secondary N) is 1. The lowest BCUT2D eigenvalue weighted by atomic mass is 10.0. The molecule has 0 aliphatic carbocycles. The van der Waals surface area contributed by atoms with E-state index in [9.17, 15) is 4.39 Å². The maximum absolute atomic E-state index is 13.2. The summed E-state index contributed by atoms with van der Waals surface area (Å²) < 4.78 is 13.2. The van der Waals surface area contributed by atoms with Crippen molar-refractivity contribution in [3.63, 3.8) is 0 Å². The molecule has 1 aromatic rings. The number of nitriles is 1. The molecule has 1 aromatic carbocycles. The SMILES string of the molecule is CN/C=C(\C#N)C1=CCCN(Cc2cccc(F)c2)C1. The summed E-state index contributed by atoms with van der Waals surface area (Å²) in [5, 5.41) is 12.0. The van der Waals surface area contributed by atoms with E-state index >= 15 is 0 Å². The highest BCUT2D eigenvalue weighted by Gasteiger charge is 2.15. The molecule has 1 aliphatic heterocycles. The van der Waals surface area contributed by atoms with Crippen molar-refractivity contribution in [3.05, 3.63) is 59.1 Å². The third-order valence-electron chi connectivity index (χ3n) is 3.28. The predicted octanol–water partition coefficient (Wildman–Crippen LogP) is 2.58. The van der Waals surface area contributed by atoms with Gasteiger partial charge in [-0.15, -0.1) is 0 Å². The Morgan fingerprint density at radius 2 is 2.40 bits per heavy atom. The molecule has 0 radical (unpaired) electrons. The van der Waals surface area contributed by atoms with Gasteiger partial charge >= 0.3 is 0 Å². The molecule has 0 atom stereocenters. The van der Waals surface area contributed by atoms with E-state index in [-0.39, 0.29) is 5.82 Å². The number of hydrogen-bond acceptors (Lipinski definition) is 3. The summed E-state index contributed by atoms with van der Waals surface area (Å²) in [6, 6.07) is 8.88. The fraction of sp³-hybridized carbons (Fsp3) is 0.312. The zero-order valence-electron chi connectivity index (χ0n) is 11.6. The second-order valence-electron chi connectivity index (χ2n) is 4.82. The van der Waals surface area contributed by atoms with Crippen molar-refractivity contribution >= 4 is 0 Å². The van der Waals surface area contributed by atoms with Gasteiger partial charge in [0.1, 0.15) is 11.9 Å². The molecule has 4 heteroatoms. The highest BCUT2D eigenvalue weighted by molar-refractivity contribution is 5.43. The minimum atomic E-state index is -0.205. The summed E-state index contributed by atoms with van der Waals surface area (Å²) >= 11 is 0. The van der Waals surface area contributed by atoms with Gasteiger partial charge in [0.05, 0.1) is 5.57 Å². The smallest absolute Gasteiger partial charge is 0.123 e. The Bertz CT molecular complexity index is 569. The zero-order chi connectivity index (χ0) is 14.4. The lowest BCUT2D eigenvalue weighted by Crippen LogP contribution is -2.30. The van der Waals surface area contributed by atoms with Crippen LogP contribution in [0.4, 0.5) is 4.39 Å². The van der Waals surface area contributed by atoms with E-state index in [1.807, 2.05) is 6.07 Å². The molecular formula is C16H18FN3. The molecule has 1 aliphatic rings. The van der Waals surface area contributed by atoms with Gasteiger partial charge in [-0.3, -0.25) is 4.90 Å². The van der Waals surface area contributed by atoms with Crippen LogP contribution in [0.25, 0.3) is 0 Å². The highest BCUT2D eigenvalue weighted by Crippen LogP contribution is 2.19. The van der Waals surface area contributed by atoms with Crippen LogP contribution in [0.2, 0.25) is 0 Å². The minimum absolute atomic E-state index is 0.205. The van der Waals surface area contributed by atoms with Crippen molar-refractivity contribution in [1.82, 2.24) is 10.2 Å². The van der Waals surface area contributed by atoms with Gasteiger partial charge in [-0.05, 0) is 29.7 Å². The number of nitrogens with zero attached hydrogens (tertiary/aromatic N) is 2. The zero-order valence-corrected chi connectivity index (χ0v) is 11.6. The maximum atomic E-state index is 13.2. The first kappa shape index (κ1) is 14.3. The first-order valence-electron chi connectivity index (χ1n) is 6.66. The Morgan fingerprint density at radius 3 is 3.10 bits per heavy atom. The Labute approximate surface area is 119 Å². The second-order valence-corrected chi connectivity index (χ2v) is 4.82. The van der Waals surface area contributed by atoms with Crippen LogP contribution >= 0.6 is 0 Å². The number of halogens is 1. The van der Waals surface area contributed by atoms with Crippen molar-refractivity contribution in [1.29, 1.82) is 5.26 Å². The molecule has 0 spiro atoms. The average molecular weight is 271 g/mol. The molecule has 0 saturated heterocycles. The molecule has 20 heavy (non-hydrogen) atoms. The van der Waals surface area contributed by atoms with Crippen molar-refractivity contribution in [2.24, 2.45) is 0 Å². The van der Waals surface area contributed by atoms with E-state index in [1.165, 1.54) is 6.07 Å². The first-order chi connectivity index (χ1) is 9.72. The van der Waals surface area contributed by atoms with Crippen LogP contribution in [0.15, 0.2) is 47.7 Å². The molecule has 1 heterocycles. The quantitative estimate of drug-likeness (QED) is 0.856. The molecule has 0 unspecified atom stereocenters. The van der Waals surface area contributed by atoms with Gasteiger partial charge in [0, 0.05) is 32.9 Å². The standard InChI is InChI=1S/C16H18FN3/c1-19-10-15(9-18)14-5-3-7-20(12-14)11-13-4-2-6-16(17)8-13/h2,4-6,8,10,19H,3,7,11-12H2,1H3/b15-10+. The molecule has 1 N–H and O–H groups in total. The summed E-state index contributed by atoms with van der Waals surface area (Å²) in [5.41, 5.74) is 2.66. The topological polar surface area (TPSA) is 39.1 Å².